The van der Waals surface area contributed by atoms with Gasteiger partial charge >= 0.3 is 0 Å². The first-order chi connectivity index (χ1) is 39.9. The minimum Gasteiger partial charge on any atom is -0.493 e. The van der Waals surface area contributed by atoms with Crippen molar-refractivity contribution in [3.05, 3.63) is 306 Å². The lowest BCUT2D eigenvalue weighted by Crippen LogP contribution is -2.35. The predicted octanol–water partition coefficient (Wildman–Crippen LogP) is 19.5. The summed E-state index contributed by atoms with van der Waals surface area (Å²) in [7, 11) is 0. The molecule has 14 rings (SSSR count). The van der Waals surface area contributed by atoms with E-state index in [9.17, 15) is 0 Å². The third-order valence-corrected chi connectivity index (χ3v) is 19.5. The highest BCUT2D eigenvalue weighted by molar-refractivity contribution is 5.94. The normalized spacial score (nSPS) is 25.8. The summed E-state index contributed by atoms with van der Waals surface area (Å²) in [5, 5.41) is 0. The number of para-hydroxylation sites is 1. The average Bonchev–Trinajstić information content (AvgIpc) is 3.23. The first kappa shape index (κ1) is 51.0. The van der Waals surface area contributed by atoms with Crippen molar-refractivity contribution < 1.29 is 4.74 Å². The molecular weight excluding hydrogens is 981 g/mol. The fourth-order valence-electron chi connectivity index (χ4n) is 15.3. The Morgan fingerprint density at radius 2 is 1.54 bits per heavy atom. The van der Waals surface area contributed by atoms with Gasteiger partial charge in [0.2, 0.25) is 0 Å². The lowest BCUT2D eigenvalue weighted by Gasteiger charge is -2.38. The van der Waals surface area contributed by atoms with Crippen LogP contribution in [0.15, 0.2) is 272 Å². The SMILES string of the molecule is C=CC1=CCC(c2ccc(OCC(C)CCC3CC4(c5ccccc5)C5=CC(N(c6ccc(-c7ccc8c(c7)C7=CC(C9=CCC(C=C)C=C9)CCC7N8c7ccccc7)cc6)C6C=CC=CC6)=CCC5c5cccc3c54)cc2)C=C1. The van der Waals surface area contributed by atoms with E-state index in [1.165, 1.54) is 72.9 Å². The van der Waals surface area contributed by atoms with E-state index >= 15 is 0 Å². The Labute approximate surface area is 481 Å². The first-order valence-corrected chi connectivity index (χ1v) is 30.2. The van der Waals surface area contributed by atoms with E-state index in [1.807, 2.05) is 6.08 Å². The van der Waals surface area contributed by atoms with Crippen LogP contribution in [0, 0.1) is 17.8 Å². The van der Waals surface area contributed by atoms with Gasteiger partial charge < -0.3 is 14.5 Å². The molecule has 0 aromatic heterocycles. The molecule has 0 radical (unpaired) electrons. The Balaban J connectivity index is 0.739. The molecule has 9 atom stereocenters. The third-order valence-electron chi connectivity index (χ3n) is 19.5. The summed E-state index contributed by atoms with van der Waals surface area (Å²) in [6.07, 6.45) is 44.6. The number of anilines is 3. The maximum Gasteiger partial charge on any atom is 0.119 e. The highest BCUT2D eigenvalue weighted by Gasteiger charge is 2.56. The fraction of sp³-hybridized carbons (Fsp3) is 0.256. The van der Waals surface area contributed by atoms with Crippen LogP contribution >= 0.6 is 0 Å². The van der Waals surface area contributed by atoms with Crippen molar-refractivity contribution in [1.82, 2.24) is 0 Å². The molecule has 6 aromatic rings. The Bertz CT molecular complexity index is 3670. The van der Waals surface area contributed by atoms with Gasteiger partial charge in [0, 0.05) is 51.5 Å². The van der Waals surface area contributed by atoms with E-state index < -0.39 is 0 Å². The van der Waals surface area contributed by atoms with E-state index in [0.717, 1.165) is 70.1 Å². The maximum absolute atomic E-state index is 6.49. The van der Waals surface area contributed by atoms with Crippen molar-refractivity contribution in [3.8, 4) is 16.9 Å². The van der Waals surface area contributed by atoms with E-state index in [0.29, 0.717) is 41.5 Å². The van der Waals surface area contributed by atoms with Crippen LogP contribution in [0.5, 0.6) is 5.75 Å². The second-order valence-corrected chi connectivity index (χ2v) is 24.2. The van der Waals surface area contributed by atoms with Gasteiger partial charge in [0.15, 0.2) is 0 Å². The van der Waals surface area contributed by atoms with Crippen molar-refractivity contribution in [2.75, 3.05) is 16.4 Å². The van der Waals surface area contributed by atoms with E-state index in [2.05, 4.69) is 261 Å². The molecule has 0 bridgehead atoms. The van der Waals surface area contributed by atoms with Gasteiger partial charge in [0.05, 0.1) is 18.7 Å². The molecule has 0 amide bonds. The standard InChI is InChI=1S/C78H74N2O/c1-4-54-25-30-56(31-26-54)57-36-43-68(44-37-57)81-52-53(3)24-29-62-51-78(63-16-9-6-10-17-63)74-50-67(42-45-70(74)71-23-15-22-69(62)77(71)78)79(64-18-11-7-12-19-64)66-40-34-59(35-41-66)61-39-47-76-73(49-61)72-48-60(58-32-27-55(5-2)28-33-58)38-46-75(72)80(76)65-20-13-8-14-21-65/h4-18,20-23,25-27,30,32-37,39-44,47-50,53,55-56,60,62,64,70,75H,1-2,19,24,28-29,31,38,45-46,51-52H2,3H3. The van der Waals surface area contributed by atoms with Crippen LogP contribution in [0.2, 0.25) is 0 Å². The zero-order valence-corrected chi connectivity index (χ0v) is 46.9. The Morgan fingerprint density at radius 3 is 2.30 bits per heavy atom. The monoisotopic (exact) mass is 1050 g/mol. The number of fused-ring (bicyclic) bond motifs is 6. The molecule has 402 valence electrons. The second kappa shape index (κ2) is 21.7. The van der Waals surface area contributed by atoms with Crippen molar-refractivity contribution in [1.29, 1.82) is 0 Å². The van der Waals surface area contributed by atoms with Gasteiger partial charge in [0.25, 0.3) is 0 Å². The highest BCUT2D eigenvalue weighted by atomic mass is 16.5. The van der Waals surface area contributed by atoms with Crippen molar-refractivity contribution in [3.63, 3.8) is 0 Å². The van der Waals surface area contributed by atoms with Gasteiger partial charge in [-0.05, 0) is 191 Å². The number of benzene rings is 6. The average molecular weight is 1060 g/mol. The van der Waals surface area contributed by atoms with Crippen molar-refractivity contribution >= 4 is 22.6 Å². The number of ether oxygens (including phenoxy) is 1. The van der Waals surface area contributed by atoms with Gasteiger partial charge in [-0.2, -0.15) is 0 Å². The zero-order valence-electron chi connectivity index (χ0n) is 46.9. The second-order valence-electron chi connectivity index (χ2n) is 24.2. The van der Waals surface area contributed by atoms with Crippen LogP contribution in [-0.2, 0) is 5.41 Å². The van der Waals surface area contributed by atoms with Gasteiger partial charge in [-0.3, -0.25) is 0 Å². The molecule has 0 saturated carbocycles. The topological polar surface area (TPSA) is 15.7 Å². The van der Waals surface area contributed by atoms with Gasteiger partial charge in [-0.25, -0.2) is 0 Å². The molecule has 3 heteroatoms. The lowest BCUT2D eigenvalue weighted by molar-refractivity contribution is 0.246. The van der Waals surface area contributed by atoms with Crippen LogP contribution < -0.4 is 14.5 Å². The number of hydrogen-bond acceptors (Lipinski definition) is 3. The molecule has 1 heterocycles. The molecule has 0 saturated heterocycles. The van der Waals surface area contributed by atoms with Gasteiger partial charge in [0.1, 0.15) is 5.75 Å². The van der Waals surface area contributed by atoms with Crippen LogP contribution in [-0.4, -0.2) is 18.7 Å². The highest BCUT2D eigenvalue weighted by Crippen LogP contribution is 2.66. The summed E-state index contributed by atoms with van der Waals surface area (Å²) >= 11 is 0. The Hall–Kier alpha value is -8.14. The minimum atomic E-state index is -0.174. The number of allylic oxidation sites excluding steroid dienone is 16. The summed E-state index contributed by atoms with van der Waals surface area (Å²) in [6.45, 7) is 11.1. The van der Waals surface area contributed by atoms with Crippen molar-refractivity contribution in [2.45, 2.75) is 100.0 Å². The Kier molecular flexibility index (Phi) is 13.7. The molecule has 9 unspecified atom stereocenters. The molecule has 0 spiro atoms. The van der Waals surface area contributed by atoms with E-state index in [1.54, 1.807) is 16.7 Å². The molecule has 0 N–H and O–H groups in total. The van der Waals surface area contributed by atoms with Crippen LogP contribution in [0.1, 0.15) is 116 Å². The summed E-state index contributed by atoms with van der Waals surface area (Å²) in [4.78, 5) is 5.25. The number of rotatable bonds is 16. The van der Waals surface area contributed by atoms with E-state index in [-0.39, 0.29) is 11.5 Å². The summed E-state index contributed by atoms with van der Waals surface area (Å²) in [6, 6.07) is 55.9. The summed E-state index contributed by atoms with van der Waals surface area (Å²) < 4.78 is 6.49. The molecule has 8 aliphatic rings. The molecule has 0 fully saturated rings. The quantitative estimate of drug-likeness (QED) is 0.0899. The van der Waals surface area contributed by atoms with Gasteiger partial charge in [-0.15, -0.1) is 6.58 Å². The van der Waals surface area contributed by atoms with Gasteiger partial charge in [-0.1, -0.05) is 196 Å². The lowest BCUT2D eigenvalue weighted by atomic mass is 9.69. The molecule has 81 heavy (non-hydrogen) atoms. The Morgan fingerprint density at radius 1 is 0.728 bits per heavy atom. The number of hydrogen-bond donors (Lipinski definition) is 0. The maximum atomic E-state index is 6.49. The minimum absolute atomic E-state index is 0.174. The predicted molar refractivity (Wildman–Crippen MR) is 339 cm³/mol. The first-order valence-electron chi connectivity index (χ1n) is 30.2. The smallest absolute Gasteiger partial charge is 0.119 e. The van der Waals surface area contributed by atoms with Crippen LogP contribution in [0.3, 0.4) is 0 Å². The summed E-state index contributed by atoms with van der Waals surface area (Å²) in [5.74, 6) is 3.46. The summed E-state index contributed by atoms with van der Waals surface area (Å²) in [5.41, 5.74) is 22.0. The van der Waals surface area contributed by atoms with Crippen LogP contribution in [0.4, 0.5) is 17.1 Å². The molecule has 7 aliphatic carbocycles. The van der Waals surface area contributed by atoms with Crippen molar-refractivity contribution in [2.24, 2.45) is 17.8 Å². The molecule has 1 aliphatic heterocycles. The third kappa shape index (κ3) is 9.33. The molecule has 6 aromatic carbocycles. The molecule has 3 nitrogen and oxygen atoms in total. The van der Waals surface area contributed by atoms with E-state index in [4.69, 9.17) is 4.74 Å². The fourth-order valence-corrected chi connectivity index (χ4v) is 15.3. The largest absolute Gasteiger partial charge is 0.493 e. The molecular formula is C78H74N2O. The van der Waals surface area contributed by atoms with Crippen LogP contribution in [0.25, 0.3) is 16.7 Å². The zero-order chi connectivity index (χ0) is 54.4. The number of nitrogens with zero attached hydrogens (tertiary/aromatic N) is 2.